The summed E-state index contributed by atoms with van der Waals surface area (Å²) in [5.74, 6) is -1.17. The first-order valence-electron chi connectivity index (χ1n) is 8.01. The number of para-hydroxylation sites is 2. The quantitative estimate of drug-likeness (QED) is 0.923. The van der Waals surface area contributed by atoms with Crippen LogP contribution in [0.15, 0.2) is 48.5 Å². The van der Waals surface area contributed by atoms with Crippen LogP contribution in [-0.4, -0.2) is 30.1 Å². The number of carbonyl (C=O) groups excluding carboxylic acids is 1. The van der Waals surface area contributed by atoms with Gasteiger partial charge in [-0.25, -0.2) is 0 Å². The molecule has 24 heavy (non-hydrogen) atoms. The number of anilines is 1. The molecule has 0 fully saturated rings. The Labute approximate surface area is 139 Å². The van der Waals surface area contributed by atoms with Gasteiger partial charge in [-0.2, -0.15) is 0 Å². The summed E-state index contributed by atoms with van der Waals surface area (Å²) in [5, 5.41) is 9.47. The third-order valence-corrected chi connectivity index (χ3v) is 4.79. The lowest BCUT2D eigenvalue weighted by molar-refractivity contribution is -0.138. The van der Waals surface area contributed by atoms with Gasteiger partial charge in [0.2, 0.25) is 5.91 Å². The predicted molar refractivity (Wildman–Crippen MR) is 88.5 cm³/mol. The van der Waals surface area contributed by atoms with Crippen LogP contribution in [0.4, 0.5) is 5.69 Å². The number of hydrogen-bond donors (Lipinski definition) is 1. The summed E-state index contributed by atoms with van der Waals surface area (Å²) < 4.78 is 5.63. The highest BCUT2D eigenvalue weighted by atomic mass is 16.5. The monoisotopic (exact) mass is 323 g/mol. The zero-order valence-corrected chi connectivity index (χ0v) is 13.0. The fourth-order valence-corrected chi connectivity index (χ4v) is 3.61. The average molecular weight is 323 g/mol. The van der Waals surface area contributed by atoms with Crippen LogP contribution in [0.2, 0.25) is 0 Å². The second kappa shape index (κ2) is 5.67. The highest BCUT2D eigenvalue weighted by molar-refractivity contribution is 6.02. The molecule has 0 aliphatic carbocycles. The van der Waals surface area contributed by atoms with Crippen LogP contribution < -0.4 is 9.64 Å². The fraction of sp³-hybridized carbons (Fsp3) is 0.263. The molecule has 0 radical (unpaired) electrons. The molecule has 0 aromatic heterocycles. The molecule has 1 amide bonds. The Kier molecular flexibility index (Phi) is 3.49. The Hall–Kier alpha value is -2.82. The minimum atomic E-state index is -0.898. The van der Waals surface area contributed by atoms with Crippen molar-refractivity contribution in [2.24, 2.45) is 0 Å². The van der Waals surface area contributed by atoms with E-state index in [1.165, 1.54) is 0 Å². The number of carbonyl (C=O) groups is 2. The Morgan fingerprint density at radius 3 is 2.50 bits per heavy atom. The topological polar surface area (TPSA) is 66.8 Å². The van der Waals surface area contributed by atoms with Crippen molar-refractivity contribution in [3.63, 3.8) is 0 Å². The number of fused-ring (bicyclic) bond motifs is 2. The number of carboxylic acid groups (broad SMARTS) is 1. The summed E-state index contributed by atoms with van der Waals surface area (Å²) in [6, 6.07) is 14.8. The van der Waals surface area contributed by atoms with Gasteiger partial charge in [0.1, 0.15) is 11.7 Å². The molecule has 2 aromatic carbocycles. The molecule has 2 aromatic rings. The lowest BCUT2D eigenvalue weighted by Gasteiger charge is -2.29. The van der Waals surface area contributed by atoms with Gasteiger partial charge in [-0.3, -0.25) is 9.59 Å². The van der Waals surface area contributed by atoms with Gasteiger partial charge in [0, 0.05) is 17.8 Å². The highest BCUT2D eigenvalue weighted by Crippen LogP contribution is 2.41. The Balaban J connectivity index is 1.71. The Bertz CT molecular complexity index is 817. The van der Waals surface area contributed by atoms with E-state index in [-0.39, 0.29) is 18.4 Å². The summed E-state index contributed by atoms with van der Waals surface area (Å²) in [5.41, 5.74) is 2.29. The van der Waals surface area contributed by atoms with Crippen molar-refractivity contribution in [1.82, 2.24) is 0 Å². The second-order valence-corrected chi connectivity index (χ2v) is 6.13. The van der Waals surface area contributed by atoms with Crippen LogP contribution in [0, 0.1) is 0 Å². The Morgan fingerprint density at radius 1 is 1.00 bits per heavy atom. The first-order chi connectivity index (χ1) is 11.7. The summed E-state index contributed by atoms with van der Waals surface area (Å²) >= 11 is 0. The zero-order valence-electron chi connectivity index (χ0n) is 13.0. The van der Waals surface area contributed by atoms with Gasteiger partial charge in [-0.15, -0.1) is 0 Å². The predicted octanol–water partition coefficient (Wildman–Crippen LogP) is 2.77. The van der Waals surface area contributed by atoms with Crippen molar-refractivity contribution in [2.75, 3.05) is 18.1 Å². The van der Waals surface area contributed by atoms with E-state index in [2.05, 4.69) is 0 Å². The van der Waals surface area contributed by atoms with E-state index in [0.29, 0.717) is 24.3 Å². The van der Waals surface area contributed by atoms with Gasteiger partial charge >= 0.3 is 5.97 Å². The van der Waals surface area contributed by atoms with E-state index in [0.717, 1.165) is 11.3 Å². The molecule has 5 heteroatoms. The number of rotatable bonds is 2. The minimum Gasteiger partial charge on any atom is -0.493 e. The van der Waals surface area contributed by atoms with Gasteiger partial charge in [0.05, 0.1) is 12.5 Å². The minimum absolute atomic E-state index is 0.0537. The number of aliphatic carboxylic acids is 1. The van der Waals surface area contributed by atoms with Crippen molar-refractivity contribution in [1.29, 1.82) is 0 Å². The number of hydrogen-bond acceptors (Lipinski definition) is 3. The molecule has 0 bridgehead atoms. The molecule has 2 aliphatic heterocycles. The molecule has 0 saturated heterocycles. The lowest BCUT2D eigenvalue weighted by Crippen LogP contribution is -2.37. The van der Waals surface area contributed by atoms with Crippen molar-refractivity contribution < 1.29 is 19.4 Å². The largest absolute Gasteiger partial charge is 0.493 e. The van der Waals surface area contributed by atoms with E-state index >= 15 is 0 Å². The van der Waals surface area contributed by atoms with Crippen LogP contribution in [0.3, 0.4) is 0 Å². The Morgan fingerprint density at radius 2 is 1.71 bits per heavy atom. The maximum atomic E-state index is 13.2. The zero-order chi connectivity index (χ0) is 16.7. The standard InChI is InChI=1S/C19H17NO4/c21-18(14-9-10-24-17-8-4-2-6-13(14)17)20-11-15(19(22)23)12-5-1-3-7-16(12)20/h1-8,14-15H,9-11H2,(H,22,23)/t14-,15+/m0/s1. The summed E-state index contributed by atoms with van der Waals surface area (Å²) in [6.45, 7) is 0.679. The maximum Gasteiger partial charge on any atom is 0.312 e. The van der Waals surface area contributed by atoms with E-state index in [1.54, 1.807) is 11.0 Å². The maximum absolute atomic E-state index is 13.2. The van der Waals surface area contributed by atoms with Crippen molar-refractivity contribution in [2.45, 2.75) is 18.3 Å². The summed E-state index contributed by atoms with van der Waals surface area (Å²) in [6.07, 6.45) is 0.603. The van der Waals surface area contributed by atoms with Crippen molar-refractivity contribution in [3.05, 3.63) is 59.7 Å². The van der Waals surface area contributed by atoms with Crippen LogP contribution in [0.5, 0.6) is 5.75 Å². The number of ether oxygens (including phenoxy) is 1. The molecule has 1 N–H and O–H groups in total. The molecule has 2 aliphatic rings. The average Bonchev–Trinajstić information content (AvgIpc) is 3.00. The van der Waals surface area contributed by atoms with Crippen LogP contribution in [0.25, 0.3) is 0 Å². The van der Waals surface area contributed by atoms with Gasteiger partial charge in [0.25, 0.3) is 0 Å². The van der Waals surface area contributed by atoms with E-state index in [9.17, 15) is 14.7 Å². The molecule has 4 rings (SSSR count). The fourth-order valence-electron chi connectivity index (χ4n) is 3.61. The van der Waals surface area contributed by atoms with Gasteiger partial charge < -0.3 is 14.7 Å². The van der Waals surface area contributed by atoms with Crippen LogP contribution in [0.1, 0.15) is 29.4 Å². The molecule has 5 nitrogen and oxygen atoms in total. The number of nitrogens with zero attached hydrogens (tertiary/aromatic N) is 1. The van der Waals surface area contributed by atoms with Crippen LogP contribution in [-0.2, 0) is 9.59 Å². The van der Waals surface area contributed by atoms with Gasteiger partial charge in [0.15, 0.2) is 0 Å². The smallest absolute Gasteiger partial charge is 0.312 e. The van der Waals surface area contributed by atoms with Crippen LogP contribution >= 0.6 is 0 Å². The van der Waals surface area contributed by atoms with E-state index in [1.807, 2.05) is 42.5 Å². The number of carboxylic acids is 1. The molecule has 0 saturated carbocycles. The summed E-state index contributed by atoms with van der Waals surface area (Å²) in [4.78, 5) is 26.3. The molecular weight excluding hydrogens is 306 g/mol. The van der Waals surface area contributed by atoms with Gasteiger partial charge in [-0.05, 0) is 24.1 Å². The third kappa shape index (κ3) is 2.24. The number of amides is 1. The van der Waals surface area contributed by atoms with Crippen molar-refractivity contribution in [3.8, 4) is 5.75 Å². The molecule has 2 atom stereocenters. The van der Waals surface area contributed by atoms with Crippen molar-refractivity contribution >= 4 is 17.6 Å². The number of benzene rings is 2. The SMILES string of the molecule is O=C(O)[C@@H]1CN(C(=O)[C@H]2CCOc3ccccc32)c2ccccc21. The molecule has 122 valence electrons. The van der Waals surface area contributed by atoms with Gasteiger partial charge in [-0.1, -0.05) is 36.4 Å². The molecular formula is C19H17NO4. The molecule has 0 unspecified atom stereocenters. The summed E-state index contributed by atoms with van der Waals surface area (Å²) in [7, 11) is 0. The lowest BCUT2D eigenvalue weighted by atomic mass is 9.92. The molecule has 0 spiro atoms. The normalized spacial score (nSPS) is 21.6. The second-order valence-electron chi connectivity index (χ2n) is 6.13. The van der Waals surface area contributed by atoms with E-state index < -0.39 is 11.9 Å². The van der Waals surface area contributed by atoms with E-state index in [4.69, 9.17) is 4.74 Å². The first kappa shape index (κ1) is 14.8. The first-order valence-corrected chi connectivity index (χ1v) is 8.01. The third-order valence-electron chi connectivity index (χ3n) is 4.79. The highest BCUT2D eigenvalue weighted by Gasteiger charge is 2.40. The molecule has 2 heterocycles.